The normalized spacial score (nSPS) is 15.9. The molecule has 1 N–H and O–H groups in total. The molecular formula is C21H22N6O2. The van der Waals surface area contributed by atoms with Crippen LogP contribution in [-0.2, 0) is 0 Å². The Balaban J connectivity index is 0.000000249. The molecule has 0 aliphatic carbocycles. The summed E-state index contributed by atoms with van der Waals surface area (Å²) in [5.41, 5.74) is 2.02. The second-order valence-corrected chi connectivity index (χ2v) is 7.02. The summed E-state index contributed by atoms with van der Waals surface area (Å²) in [5, 5.41) is 3.67. The smallest absolute Gasteiger partial charge is 0.267 e. The largest absolute Gasteiger partial charge is 0.314 e. The molecule has 8 heteroatoms. The van der Waals surface area contributed by atoms with Gasteiger partial charge in [0, 0.05) is 51.8 Å². The summed E-state index contributed by atoms with van der Waals surface area (Å²) in [6.45, 7) is 4.74. The van der Waals surface area contributed by atoms with Gasteiger partial charge >= 0.3 is 0 Å². The van der Waals surface area contributed by atoms with Crippen LogP contribution in [0.2, 0.25) is 0 Å². The average Bonchev–Trinajstić information content (AvgIpc) is 3.02. The number of aromatic nitrogens is 3. The molecular weight excluding hydrogens is 368 g/mol. The van der Waals surface area contributed by atoms with Crippen molar-refractivity contribution in [1.29, 1.82) is 0 Å². The van der Waals surface area contributed by atoms with E-state index in [1.54, 1.807) is 37.7 Å². The van der Waals surface area contributed by atoms with E-state index in [1.165, 1.54) is 23.9 Å². The number of rotatable bonds is 1. The lowest BCUT2D eigenvalue weighted by molar-refractivity contribution is 0.103. The molecule has 1 saturated heterocycles. The van der Waals surface area contributed by atoms with Crippen LogP contribution in [0.1, 0.15) is 21.7 Å². The van der Waals surface area contributed by atoms with Crippen LogP contribution >= 0.6 is 0 Å². The van der Waals surface area contributed by atoms with Crippen LogP contribution in [0.25, 0.3) is 16.6 Å². The first kappa shape index (κ1) is 19.1. The van der Waals surface area contributed by atoms with E-state index in [-0.39, 0.29) is 17.2 Å². The van der Waals surface area contributed by atoms with Crippen molar-refractivity contribution in [2.45, 2.75) is 0 Å². The number of benzene rings is 1. The maximum Gasteiger partial charge on any atom is 0.267 e. The number of carbonyl (C=O) groups excluding carboxylic acids is 1. The van der Waals surface area contributed by atoms with Crippen molar-refractivity contribution >= 4 is 22.9 Å². The highest BCUT2D eigenvalue weighted by Crippen LogP contribution is 2.26. The summed E-state index contributed by atoms with van der Waals surface area (Å²) in [4.78, 5) is 39.8. The van der Waals surface area contributed by atoms with Gasteiger partial charge in [0.2, 0.25) is 5.78 Å². The van der Waals surface area contributed by atoms with Crippen LogP contribution < -0.4 is 10.9 Å². The zero-order valence-corrected chi connectivity index (χ0v) is 16.4. The fourth-order valence-electron chi connectivity index (χ4n) is 3.46. The lowest BCUT2D eigenvalue weighted by atomic mass is 10.1. The van der Waals surface area contributed by atoms with Gasteiger partial charge in [-0.05, 0) is 30.8 Å². The lowest BCUT2D eigenvalue weighted by Gasteiger charge is -2.21. The summed E-state index contributed by atoms with van der Waals surface area (Å²) >= 11 is 0. The summed E-state index contributed by atoms with van der Waals surface area (Å²) in [6, 6.07) is 6.91. The van der Waals surface area contributed by atoms with E-state index in [0.29, 0.717) is 22.2 Å². The maximum atomic E-state index is 12.6. The first-order valence-electron chi connectivity index (χ1n) is 9.47. The Hall–Kier alpha value is -3.23. The number of pyridine rings is 1. The molecule has 0 amide bonds. The van der Waals surface area contributed by atoms with Gasteiger partial charge < -0.3 is 10.2 Å². The molecule has 2 aromatic heterocycles. The van der Waals surface area contributed by atoms with Crippen molar-refractivity contribution in [3.63, 3.8) is 0 Å². The standard InChI is InChI=1S/C16H10N4O2.C5H12N2/c1-17-7-9-2-3-13-10(6-9)14(21)15-19-12-4-5-18-8-11(12)16(22)20(13)15;1-7-4-2-6-3-5-7/h2-8H,1H3;6H,2-5H2,1H3. The Morgan fingerprint density at radius 2 is 1.97 bits per heavy atom. The van der Waals surface area contributed by atoms with Crippen molar-refractivity contribution < 1.29 is 4.79 Å². The predicted octanol–water partition coefficient (Wildman–Crippen LogP) is 0.895. The molecule has 0 radical (unpaired) electrons. The highest BCUT2D eigenvalue weighted by atomic mass is 16.1. The SMILES string of the molecule is CN1CCNCC1.CN=Cc1ccc2c(c1)C(=O)c1nc3ccncc3c(=O)n1-2. The molecule has 0 spiro atoms. The van der Waals surface area contributed by atoms with E-state index in [9.17, 15) is 9.59 Å². The minimum Gasteiger partial charge on any atom is -0.314 e. The van der Waals surface area contributed by atoms with Gasteiger partial charge in [0.1, 0.15) is 0 Å². The second-order valence-electron chi connectivity index (χ2n) is 7.02. The highest BCUT2D eigenvalue weighted by molar-refractivity contribution is 6.14. The van der Waals surface area contributed by atoms with Crippen molar-refractivity contribution in [2.24, 2.45) is 4.99 Å². The summed E-state index contributed by atoms with van der Waals surface area (Å²) in [5.74, 6) is -0.110. The Morgan fingerprint density at radius 1 is 1.17 bits per heavy atom. The topological polar surface area (TPSA) is 92.5 Å². The van der Waals surface area contributed by atoms with Gasteiger partial charge in [0.15, 0.2) is 5.82 Å². The van der Waals surface area contributed by atoms with E-state index in [4.69, 9.17) is 0 Å². The number of ketones is 1. The molecule has 1 fully saturated rings. The van der Waals surface area contributed by atoms with Crippen molar-refractivity contribution in [2.75, 3.05) is 40.3 Å². The van der Waals surface area contributed by atoms with Crippen molar-refractivity contribution in [1.82, 2.24) is 24.8 Å². The zero-order chi connectivity index (χ0) is 20.4. The Labute approximate surface area is 167 Å². The predicted molar refractivity (Wildman–Crippen MR) is 112 cm³/mol. The number of likely N-dealkylation sites (N-methyl/N-ethyl adjacent to an activating group) is 1. The van der Waals surface area contributed by atoms with Gasteiger partial charge in [0.05, 0.1) is 22.2 Å². The van der Waals surface area contributed by atoms with Crippen molar-refractivity contribution in [3.8, 4) is 5.69 Å². The summed E-state index contributed by atoms with van der Waals surface area (Å²) in [6.07, 6.45) is 4.68. The molecule has 3 aromatic rings. The van der Waals surface area contributed by atoms with E-state index in [0.717, 1.165) is 18.7 Å². The van der Waals surface area contributed by atoms with E-state index >= 15 is 0 Å². The number of hydrogen-bond acceptors (Lipinski definition) is 7. The summed E-state index contributed by atoms with van der Waals surface area (Å²) < 4.78 is 1.36. The van der Waals surface area contributed by atoms with E-state index in [2.05, 4.69) is 32.2 Å². The van der Waals surface area contributed by atoms with Crippen LogP contribution in [-0.4, -0.2) is 71.7 Å². The Bertz CT molecular complexity index is 1160. The van der Waals surface area contributed by atoms with Gasteiger partial charge in [-0.15, -0.1) is 0 Å². The molecule has 29 heavy (non-hydrogen) atoms. The van der Waals surface area contributed by atoms with E-state index < -0.39 is 0 Å². The molecule has 2 aliphatic heterocycles. The second kappa shape index (κ2) is 8.02. The van der Waals surface area contributed by atoms with Crippen LogP contribution in [0.3, 0.4) is 0 Å². The van der Waals surface area contributed by atoms with Crippen molar-refractivity contribution in [3.05, 3.63) is 64.0 Å². The number of fused-ring (bicyclic) bond motifs is 4. The fourth-order valence-corrected chi connectivity index (χ4v) is 3.46. The molecule has 148 valence electrons. The average molecular weight is 390 g/mol. The molecule has 0 atom stereocenters. The first-order chi connectivity index (χ1) is 14.1. The Kier molecular flexibility index (Phi) is 5.28. The van der Waals surface area contributed by atoms with Crippen LogP contribution in [0.4, 0.5) is 0 Å². The van der Waals surface area contributed by atoms with Crippen LogP contribution in [0.5, 0.6) is 0 Å². The zero-order valence-electron chi connectivity index (χ0n) is 16.4. The van der Waals surface area contributed by atoms with Gasteiger partial charge in [-0.1, -0.05) is 6.07 Å². The maximum absolute atomic E-state index is 12.6. The number of hydrogen-bond donors (Lipinski definition) is 1. The third-order valence-corrected chi connectivity index (χ3v) is 5.00. The summed E-state index contributed by atoms with van der Waals surface area (Å²) in [7, 11) is 3.82. The highest BCUT2D eigenvalue weighted by Gasteiger charge is 2.30. The third kappa shape index (κ3) is 3.59. The number of piperazine rings is 1. The molecule has 5 rings (SSSR count). The quantitative estimate of drug-likeness (QED) is 0.486. The molecule has 2 aliphatic rings. The van der Waals surface area contributed by atoms with Gasteiger partial charge in [-0.3, -0.25) is 24.1 Å². The lowest BCUT2D eigenvalue weighted by Crippen LogP contribution is -2.40. The van der Waals surface area contributed by atoms with Gasteiger partial charge in [-0.25, -0.2) is 4.98 Å². The molecule has 8 nitrogen and oxygen atoms in total. The molecule has 1 aromatic carbocycles. The van der Waals surface area contributed by atoms with Gasteiger partial charge in [0.25, 0.3) is 5.56 Å². The third-order valence-electron chi connectivity index (χ3n) is 5.00. The first-order valence-corrected chi connectivity index (χ1v) is 9.47. The number of aliphatic imine (C=N–C) groups is 1. The molecule has 0 bridgehead atoms. The number of nitrogens with zero attached hydrogens (tertiary/aromatic N) is 5. The minimum absolute atomic E-state index is 0.143. The molecule has 0 unspecified atom stereocenters. The van der Waals surface area contributed by atoms with Crippen LogP contribution in [0.15, 0.2) is 46.4 Å². The molecule has 0 saturated carbocycles. The Morgan fingerprint density at radius 3 is 2.66 bits per heavy atom. The van der Waals surface area contributed by atoms with Gasteiger partial charge in [-0.2, -0.15) is 0 Å². The minimum atomic E-state index is -0.280. The number of nitrogens with one attached hydrogen (secondary N) is 1. The monoisotopic (exact) mass is 390 g/mol. The van der Waals surface area contributed by atoms with Crippen LogP contribution in [0, 0.1) is 0 Å². The fraction of sp³-hybridized carbons (Fsp3) is 0.286. The van der Waals surface area contributed by atoms with E-state index in [1.807, 2.05) is 6.07 Å². The molecule has 4 heterocycles. The number of carbonyl (C=O) groups is 1.